The summed E-state index contributed by atoms with van der Waals surface area (Å²) in [5.41, 5.74) is 1.97. The van der Waals surface area contributed by atoms with Crippen LogP contribution in [0.3, 0.4) is 0 Å². The van der Waals surface area contributed by atoms with Crippen molar-refractivity contribution < 1.29 is 19.1 Å². The SMILES string of the molecule is CCc1ccc(N2CC(C(=O)OCC(=O)NC)CC2=O)cc1. The van der Waals surface area contributed by atoms with Crippen molar-refractivity contribution in [2.45, 2.75) is 19.8 Å². The Morgan fingerprint density at radius 1 is 1.32 bits per heavy atom. The van der Waals surface area contributed by atoms with Crippen LogP contribution in [-0.2, 0) is 25.5 Å². The summed E-state index contributed by atoms with van der Waals surface area (Å²) in [5.74, 6) is -1.51. The monoisotopic (exact) mass is 304 g/mol. The molecule has 1 atom stereocenters. The van der Waals surface area contributed by atoms with Gasteiger partial charge in [0.05, 0.1) is 5.92 Å². The molecule has 2 rings (SSSR count). The molecule has 1 fully saturated rings. The Balaban J connectivity index is 1.97. The maximum absolute atomic E-state index is 12.1. The first kappa shape index (κ1) is 16.0. The Kier molecular flexibility index (Phi) is 5.14. The van der Waals surface area contributed by atoms with E-state index in [4.69, 9.17) is 4.74 Å². The molecule has 1 aliphatic rings. The van der Waals surface area contributed by atoms with Crippen molar-refractivity contribution in [2.75, 3.05) is 25.1 Å². The van der Waals surface area contributed by atoms with Crippen LogP contribution in [0.4, 0.5) is 5.69 Å². The smallest absolute Gasteiger partial charge is 0.311 e. The van der Waals surface area contributed by atoms with Gasteiger partial charge in [-0.05, 0) is 24.1 Å². The molecule has 22 heavy (non-hydrogen) atoms. The van der Waals surface area contributed by atoms with Crippen molar-refractivity contribution in [3.63, 3.8) is 0 Å². The molecule has 0 saturated carbocycles. The second kappa shape index (κ2) is 7.06. The van der Waals surface area contributed by atoms with Gasteiger partial charge >= 0.3 is 5.97 Å². The number of hydrogen-bond acceptors (Lipinski definition) is 4. The molecule has 1 heterocycles. The third-order valence-corrected chi connectivity index (χ3v) is 3.74. The molecular weight excluding hydrogens is 284 g/mol. The number of nitrogens with zero attached hydrogens (tertiary/aromatic N) is 1. The van der Waals surface area contributed by atoms with E-state index in [2.05, 4.69) is 12.2 Å². The summed E-state index contributed by atoms with van der Waals surface area (Å²) in [6.45, 7) is 2.04. The normalized spacial score (nSPS) is 17.5. The van der Waals surface area contributed by atoms with Crippen LogP contribution >= 0.6 is 0 Å². The number of carbonyl (C=O) groups is 3. The molecule has 1 N–H and O–H groups in total. The molecule has 0 radical (unpaired) electrons. The van der Waals surface area contributed by atoms with Gasteiger partial charge in [-0.3, -0.25) is 14.4 Å². The minimum Gasteiger partial charge on any atom is -0.455 e. The van der Waals surface area contributed by atoms with E-state index in [0.717, 1.165) is 12.1 Å². The zero-order valence-corrected chi connectivity index (χ0v) is 12.8. The van der Waals surface area contributed by atoms with E-state index in [0.29, 0.717) is 0 Å². The molecule has 118 valence electrons. The first-order valence-electron chi connectivity index (χ1n) is 7.31. The summed E-state index contributed by atoms with van der Waals surface area (Å²) in [6.07, 6.45) is 1.05. The first-order chi connectivity index (χ1) is 10.5. The molecule has 1 aromatic carbocycles. The number of anilines is 1. The third-order valence-electron chi connectivity index (χ3n) is 3.74. The Morgan fingerprint density at radius 2 is 2.00 bits per heavy atom. The fourth-order valence-electron chi connectivity index (χ4n) is 2.35. The van der Waals surface area contributed by atoms with Crippen molar-refractivity contribution in [1.82, 2.24) is 5.32 Å². The van der Waals surface area contributed by atoms with E-state index < -0.39 is 11.9 Å². The molecule has 0 spiro atoms. The highest BCUT2D eigenvalue weighted by molar-refractivity contribution is 5.99. The van der Waals surface area contributed by atoms with Gasteiger partial charge in [0.2, 0.25) is 5.91 Å². The van der Waals surface area contributed by atoms with Crippen LogP contribution in [0.5, 0.6) is 0 Å². The lowest BCUT2D eigenvalue weighted by atomic mass is 10.1. The predicted octanol–water partition coefficient (Wildman–Crippen LogP) is 0.891. The summed E-state index contributed by atoms with van der Waals surface area (Å²) in [7, 11) is 1.47. The summed E-state index contributed by atoms with van der Waals surface area (Å²) in [4.78, 5) is 36.6. The lowest BCUT2D eigenvalue weighted by Crippen LogP contribution is -2.29. The fraction of sp³-hybridized carbons (Fsp3) is 0.438. The van der Waals surface area contributed by atoms with Gasteiger partial charge in [0, 0.05) is 25.7 Å². The summed E-state index contributed by atoms with van der Waals surface area (Å²) in [6, 6.07) is 7.71. The number of esters is 1. The number of hydrogen-bond donors (Lipinski definition) is 1. The number of amides is 2. The average molecular weight is 304 g/mol. The first-order valence-corrected chi connectivity index (χ1v) is 7.31. The van der Waals surface area contributed by atoms with Crippen LogP contribution in [0.15, 0.2) is 24.3 Å². The van der Waals surface area contributed by atoms with E-state index >= 15 is 0 Å². The summed E-state index contributed by atoms with van der Waals surface area (Å²) < 4.78 is 4.92. The van der Waals surface area contributed by atoms with Crippen LogP contribution in [0.25, 0.3) is 0 Å². The van der Waals surface area contributed by atoms with E-state index in [1.165, 1.54) is 12.6 Å². The number of benzene rings is 1. The Labute approximate surface area is 129 Å². The van der Waals surface area contributed by atoms with Crippen LogP contribution < -0.4 is 10.2 Å². The van der Waals surface area contributed by atoms with Crippen LogP contribution in [0.1, 0.15) is 18.9 Å². The molecule has 1 unspecified atom stereocenters. The van der Waals surface area contributed by atoms with Gasteiger partial charge in [0.25, 0.3) is 5.91 Å². The largest absolute Gasteiger partial charge is 0.455 e. The van der Waals surface area contributed by atoms with Gasteiger partial charge in [-0.25, -0.2) is 0 Å². The number of ether oxygens (including phenoxy) is 1. The molecule has 1 aliphatic heterocycles. The molecule has 6 heteroatoms. The highest BCUT2D eigenvalue weighted by Crippen LogP contribution is 2.26. The van der Waals surface area contributed by atoms with E-state index in [-0.39, 0.29) is 31.4 Å². The lowest BCUT2D eigenvalue weighted by molar-refractivity contribution is -0.152. The highest BCUT2D eigenvalue weighted by Gasteiger charge is 2.36. The topological polar surface area (TPSA) is 75.7 Å². The Morgan fingerprint density at radius 3 is 2.59 bits per heavy atom. The lowest BCUT2D eigenvalue weighted by Gasteiger charge is -2.16. The minimum absolute atomic E-state index is 0.105. The van der Waals surface area contributed by atoms with Gasteiger partial charge in [-0.2, -0.15) is 0 Å². The van der Waals surface area contributed by atoms with E-state index in [9.17, 15) is 14.4 Å². The minimum atomic E-state index is -0.525. The molecule has 6 nitrogen and oxygen atoms in total. The summed E-state index contributed by atoms with van der Waals surface area (Å²) >= 11 is 0. The maximum Gasteiger partial charge on any atom is 0.311 e. The maximum atomic E-state index is 12.1. The number of nitrogens with one attached hydrogen (secondary N) is 1. The van der Waals surface area contributed by atoms with Crippen molar-refractivity contribution in [1.29, 1.82) is 0 Å². The van der Waals surface area contributed by atoms with Crippen molar-refractivity contribution in [2.24, 2.45) is 5.92 Å². The quantitative estimate of drug-likeness (QED) is 0.820. The number of likely N-dealkylation sites (N-methyl/N-ethyl adjacent to an activating group) is 1. The molecule has 0 aromatic heterocycles. The second-order valence-corrected chi connectivity index (χ2v) is 5.21. The zero-order valence-electron chi connectivity index (χ0n) is 12.8. The average Bonchev–Trinajstić information content (AvgIpc) is 2.94. The van der Waals surface area contributed by atoms with Gasteiger partial charge in [-0.1, -0.05) is 19.1 Å². The molecule has 1 aromatic rings. The van der Waals surface area contributed by atoms with Gasteiger partial charge in [0.15, 0.2) is 6.61 Å². The number of rotatable bonds is 5. The summed E-state index contributed by atoms with van der Waals surface area (Å²) in [5, 5.41) is 2.37. The fourth-order valence-corrected chi connectivity index (χ4v) is 2.35. The van der Waals surface area contributed by atoms with E-state index in [1.807, 2.05) is 24.3 Å². The zero-order chi connectivity index (χ0) is 16.1. The van der Waals surface area contributed by atoms with E-state index in [1.54, 1.807) is 4.90 Å². The van der Waals surface area contributed by atoms with Gasteiger partial charge < -0.3 is 15.0 Å². The van der Waals surface area contributed by atoms with Gasteiger partial charge in [0.1, 0.15) is 0 Å². The second-order valence-electron chi connectivity index (χ2n) is 5.21. The van der Waals surface area contributed by atoms with Crippen LogP contribution in [0, 0.1) is 5.92 Å². The molecular formula is C16H20N2O4. The Bertz CT molecular complexity index is 568. The standard InChI is InChI=1S/C16H20N2O4/c1-3-11-4-6-13(7-5-11)18-9-12(8-15(18)20)16(21)22-10-14(19)17-2/h4-7,12H,3,8-10H2,1-2H3,(H,17,19). The van der Waals surface area contributed by atoms with Crippen LogP contribution in [-0.4, -0.2) is 38.0 Å². The van der Waals surface area contributed by atoms with Crippen molar-refractivity contribution in [3.05, 3.63) is 29.8 Å². The molecule has 2 amide bonds. The van der Waals surface area contributed by atoms with Gasteiger partial charge in [-0.15, -0.1) is 0 Å². The number of carbonyl (C=O) groups excluding carboxylic acids is 3. The van der Waals surface area contributed by atoms with Crippen LogP contribution in [0.2, 0.25) is 0 Å². The highest BCUT2D eigenvalue weighted by atomic mass is 16.5. The molecule has 0 aliphatic carbocycles. The molecule has 1 saturated heterocycles. The predicted molar refractivity (Wildman–Crippen MR) is 81.3 cm³/mol. The Hall–Kier alpha value is -2.37. The third kappa shape index (κ3) is 3.63. The van der Waals surface area contributed by atoms with Crippen molar-refractivity contribution in [3.8, 4) is 0 Å². The number of aryl methyl sites for hydroxylation is 1. The van der Waals surface area contributed by atoms with Crippen molar-refractivity contribution >= 4 is 23.5 Å². The molecule has 0 bridgehead atoms.